The summed E-state index contributed by atoms with van der Waals surface area (Å²) < 4.78 is 0. The Morgan fingerprint density at radius 2 is 1.69 bits per heavy atom. The summed E-state index contributed by atoms with van der Waals surface area (Å²) in [6, 6.07) is 0. The van der Waals surface area contributed by atoms with E-state index in [-0.39, 0.29) is 22.3 Å². The maximum Gasteiger partial charge on any atom is 0.138 e. The van der Waals surface area contributed by atoms with Crippen molar-refractivity contribution in [2.45, 2.75) is 119 Å². The molecule has 2 saturated carbocycles. The summed E-state index contributed by atoms with van der Waals surface area (Å²) in [6.45, 7) is 18.7. The Balaban J connectivity index is 1.66. The van der Waals surface area contributed by atoms with Crippen LogP contribution in [0.15, 0.2) is 22.8 Å². The Bertz CT molecular complexity index is 843. The number of Topliss-reactive ketones (excluding diaryl/α,β-unsaturated/α-hetero) is 1. The first-order valence-corrected chi connectivity index (χ1v) is 13.4. The molecule has 0 aromatic rings. The van der Waals surface area contributed by atoms with Crippen molar-refractivity contribution in [1.29, 1.82) is 0 Å². The standard InChI is InChI=1S/C30H48O2/c1-19(2)17-21(31)18-20(3)22-11-15-30(8)24-9-10-25-27(4,5)26(32)13-14-28(25,6)23(24)12-16-29(22,30)7/h17,20-22,25,31H,9-16,18H2,1-8H3. The molecule has 0 aromatic carbocycles. The zero-order chi connectivity index (χ0) is 23.7. The monoisotopic (exact) mass is 440 g/mol. The van der Waals surface area contributed by atoms with E-state index in [0.29, 0.717) is 29.0 Å². The molecule has 2 heteroatoms. The number of aliphatic hydroxyl groups excluding tert-OH is 1. The van der Waals surface area contributed by atoms with E-state index in [1.807, 2.05) is 6.08 Å². The van der Waals surface area contributed by atoms with E-state index in [1.165, 1.54) is 44.1 Å². The van der Waals surface area contributed by atoms with Gasteiger partial charge in [0, 0.05) is 11.8 Å². The minimum atomic E-state index is -0.319. The van der Waals surface area contributed by atoms with E-state index in [4.69, 9.17) is 0 Å². The number of aliphatic hydroxyl groups is 1. The zero-order valence-electron chi connectivity index (χ0n) is 22.1. The maximum atomic E-state index is 12.8. The van der Waals surface area contributed by atoms with Crippen LogP contribution < -0.4 is 0 Å². The molecule has 0 radical (unpaired) electrons. The third kappa shape index (κ3) is 3.33. The van der Waals surface area contributed by atoms with Gasteiger partial charge in [-0.15, -0.1) is 0 Å². The summed E-state index contributed by atoms with van der Waals surface area (Å²) in [5.74, 6) is 2.20. The second-order valence-electron chi connectivity index (χ2n) is 13.5. The van der Waals surface area contributed by atoms with Crippen molar-refractivity contribution in [3.05, 3.63) is 22.8 Å². The van der Waals surface area contributed by atoms with E-state index in [1.54, 1.807) is 11.1 Å². The van der Waals surface area contributed by atoms with Crippen LogP contribution in [-0.2, 0) is 4.79 Å². The fourth-order valence-electron chi connectivity index (χ4n) is 9.44. The van der Waals surface area contributed by atoms with Crippen molar-refractivity contribution in [2.24, 2.45) is 39.4 Å². The third-order valence-electron chi connectivity index (χ3n) is 11.4. The number of fused-ring (bicyclic) bond motifs is 4. The number of carbonyl (C=O) groups excluding carboxylic acids is 1. The lowest BCUT2D eigenvalue weighted by molar-refractivity contribution is -0.139. The van der Waals surface area contributed by atoms with Crippen molar-refractivity contribution in [2.75, 3.05) is 0 Å². The van der Waals surface area contributed by atoms with Crippen LogP contribution in [0, 0.1) is 39.4 Å². The van der Waals surface area contributed by atoms with Gasteiger partial charge in [0.2, 0.25) is 0 Å². The minimum Gasteiger partial charge on any atom is -0.389 e. The molecule has 7 unspecified atom stereocenters. The molecule has 0 saturated heterocycles. The van der Waals surface area contributed by atoms with Gasteiger partial charge >= 0.3 is 0 Å². The van der Waals surface area contributed by atoms with Crippen molar-refractivity contribution in [1.82, 2.24) is 0 Å². The fourth-order valence-corrected chi connectivity index (χ4v) is 9.44. The Morgan fingerprint density at radius 3 is 2.34 bits per heavy atom. The molecule has 0 aliphatic heterocycles. The van der Waals surface area contributed by atoms with Crippen LogP contribution in [0.25, 0.3) is 0 Å². The first kappa shape index (κ1) is 24.2. The van der Waals surface area contributed by atoms with Gasteiger partial charge in [-0.1, -0.05) is 64.3 Å². The van der Waals surface area contributed by atoms with Crippen LogP contribution in [0.5, 0.6) is 0 Å². The molecular formula is C30H48O2. The van der Waals surface area contributed by atoms with Crippen LogP contribution in [0.2, 0.25) is 0 Å². The lowest BCUT2D eigenvalue weighted by atomic mass is 9.43. The molecule has 1 N–H and O–H groups in total. The lowest BCUT2D eigenvalue weighted by Crippen LogP contribution is -2.54. The highest BCUT2D eigenvalue weighted by molar-refractivity contribution is 5.85. The Labute approximate surface area is 197 Å². The molecule has 0 heterocycles. The maximum absolute atomic E-state index is 12.8. The van der Waals surface area contributed by atoms with Crippen molar-refractivity contribution in [3.8, 4) is 0 Å². The average Bonchev–Trinajstić information content (AvgIpc) is 2.96. The van der Waals surface area contributed by atoms with Crippen molar-refractivity contribution >= 4 is 5.78 Å². The summed E-state index contributed by atoms with van der Waals surface area (Å²) in [5, 5.41) is 10.6. The number of ketones is 1. The number of hydrogen-bond donors (Lipinski definition) is 1. The average molecular weight is 441 g/mol. The van der Waals surface area contributed by atoms with Gasteiger partial charge < -0.3 is 5.11 Å². The Hall–Kier alpha value is -0.890. The number of rotatable bonds is 4. The third-order valence-corrected chi connectivity index (χ3v) is 11.4. The molecule has 4 aliphatic rings. The lowest BCUT2D eigenvalue weighted by Gasteiger charge is -2.61. The predicted molar refractivity (Wildman–Crippen MR) is 133 cm³/mol. The van der Waals surface area contributed by atoms with E-state index in [9.17, 15) is 9.90 Å². The molecule has 0 spiro atoms. The summed E-state index contributed by atoms with van der Waals surface area (Å²) in [6.07, 6.45) is 11.8. The molecule has 2 nitrogen and oxygen atoms in total. The summed E-state index contributed by atoms with van der Waals surface area (Å²) in [4.78, 5) is 12.8. The second kappa shape index (κ2) is 7.82. The van der Waals surface area contributed by atoms with Gasteiger partial charge in [0.05, 0.1) is 6.10 Å². The summed E-state index contributed by atoms with van der Waals surface area (Å²) in [5.41, 5.74) is 5.37. The van der Waals surface area contributed by atoms with Crippen molar-refractivity contribution in [3.63, 3.8) is 0 Å². The quantitative estimate of drug-likeness (QED) is 0.456. The first-order chi connectivity index (χ1) is 14.8. The van der Waals surface area contributed by atoms with E-state index in [2.05, 4.69) is 55.4 Å². The molecule has 0 amide bonds. The Kier molecular flexibility index (Phi) is 5.93. The second-order valence-corrected chi connectivity index (χ2v) is 13.5. The molecule has 7 atom stereocenters. The molecule has 2 fully saturated rings. The van der Waals surface area contributed by atoms with E-state index >= 15 is 0 Å². The fraction of sp³-hybridized carbons (Fsp3) is 0.833. The van der Waals surface area contributed by atoms with Crippen LogP contribution in [0.3, 0.4) is 0 Å². The van der Waals surface area contributed by atoms with Gasteiger partial charge in [-0.25, -0.2) is 0 Å². The van der Waals surface area contributed by atoms with Crippen LogP contribution in [-0.4, -0.2) is 17.0 Å². The highest BCUT2D eigenvalue weighted by atomic mass is 16.3. The predicted octanol–water partition coefficient (Wildman–Crippen LogP) is 7.66. The van der Waals surface area contributed by atoms with E-state index in [0.717, 1.165) is 19.3 Å². The van der Waals surface area contributed by atoms with Gasteiger partial charge in [0.15, 0.2) is 0 Å². The molecular weight excluding hydrogens is 392 g/mol. The van der Waals surface area contributed by atoms with Gasteiger partial charge in [0.25, 0.3) is 0 Å². The van der Waals surface area contributed by atoms with Crippen molar-refractivity contribution < 1.29 is 9.90 Å². The van der Waals surface area contributed by atoms with Gasteiger partial charge in [0.1, 0.15) is 5.78 Å². The summed E-state index contributed by atoms with van der Waals surface area (Å²) >= 11 is 0. The number of carbonyl (C=O) groups is 1. The molecule has 0 aromatic heterocycles. The Morgan fingerprint density at radius 1 is 1.00 bits per heavy atom. The van der Waals surface area contributed by atoms with Crippen LogP contribution in [0.1, 0.15) is 113 Å². The molecule has 4 aliphatic carbocycles. The highest BCUT2D eigenvalue weighted by Crippen LogP contribution is 2.72. The summed E-state index contributed by atoms with van der Waals surface area (Å²) in [7, 11) is 0. The molecule has 32 heavy (non-hydrogen) atoms. The van der Waals surface area contributed by atoms with E-state index < -0.39 is 0 Å². The van der Waals surface area contributed by atoms with Crippen LogP contribution >= 0.6 is 0 Å². The highest BCUT2D eigenvalue weighted by Gasteiger charge is 2.63. The smallest absolute Gasteiger partial charge is 0.138 e. The molecule has 0 bridgehead atoms. The minimum absolute atomic E-state index is 0.180. The SMILES string of the molecule is CC(C)=CC(O)CC(C)C1CCC2(C)C3=C(CCC12C)C1(C)CCC(=O)C(C)(C)C1CC3. The first-order valence-electron chi connectivity index (χ1n) is 13.4. The van der Waals surface area contributed by atoms with Crippen LogP contribution in [0.4, 0.5) is 0 Å². The van der Waals surface area contributed by atoms with Gasteiger partial charge in [-0.3, -0.25) is 4.79 Å². The zero-order valence-corrected chi connectivity index (χ0v) is 22.1. The van der Waals surface area contributed by atoms with Gasteiger partial charge in [-0.2, -0.15) is 0 Å². The largest absolute Gasteiger partial charge is 0.389 e. The number of hydrogen-bond acceptors (Lipinski definition) is 2. The topological polar surface area (TPSA) is 37.3 Å². The molecule has 180 valence electrons. The number of allylic oxidation sites excluding steroid dienone is 3. The molecule has 4 rings (SSSR count). The van der Waals surface area contributed by atoms with Gasteiger partial charge in [-0.05, 0) is 99.2 Å². The normalized spacial score (nSPS) is 42.6.